The highest BCUT2D eigenvalue weighted by atomic mass is 16.6. The molecule has 0 aliphatic carbocycles. The van der Waals surface area contributed by atoms with Crippen molar-refractivity contribution in [1.29, 1.82) is 0 Å². The van der Waals surface area contributed by atoms with Crippen LogP contribution in [-0.4, -0.2) is 85.5 Å². The molecule has 1 N–H and O–H groups in total. The standard InChI is InChI=1S/C42H79NO9/c1-6-8-10-12-14-20-26-36(3)50-40(46)29-23-17-16-22-28-39(45)49-35-38(34-43(5)32-33-44)52-42(48)31-25-19-18-24-30-41(47)51-37(4)27-21-15-13-11-9-7-2/h36-38,44H,6-35H2,1-5H3. The van der Waals surface area contributed by atoms with E-state index in [2.05, 4.69) is 13.8 Å². The third-order valence-electron chi connectivity index (χ3n) is 9.34. The van der Waals surface area contributed by atoms with Crippen LogP contribution in [0, 0.1) is 0 Å². The van der Waals surface area contributed by atoms with Crippen LogP contribution in [0.5, 0.6) is 0 Å². The SMILES string of the molecule is CCCCCCCCC(C)OC(=O)CCCCCCC(=O)OCC(CN(C)CCO)OC(=O)CCCCCCC(=O)OC(C)CCCCCCCC. The van der Waals surface area contributed by atoms with Crippen LogP contribution in [0.2, 0.25) is 0 Å². The fraction of sp³-hybridized carbons (Fsp3) is 0.905. The van der Waals surface area contributed by atoms with Gasteiger partial charge in [0.25, 0.3) is 0 Å². The maximum atomic E-state index is 12.6. The number of carbonyl (C=O) groups is 4. The minimum atomic E-state index is -0.629. The summed E-state index contributed by atoms with van der Waals surface area (Å²) in [7, 11) is 1.81. The van der Waals surface area contributed by atoms with E-state index >= 15 is 0 Å². The summed E-state index contributed by atoms with van der Waals surface area (Å²) in [6, 6.07) is 0. The average Bonchev–Trinajstić information content (AvgIpc) is 3.09. The van der Waals surface area contributed by atoms with Crippen molar-refractivity contribution in [2.45, 2.75) is 213 Å². The van der Waals surface area contributed by atoms with Gasteiger partial charge >= 0.3 is 23.9 Å². The minimum Gasteiger partial charge on any atom is -0.463 e. The Labute approximate surface area is 317 Å². The fourth-order valence-corrected chi connectivity index (χ4v) is 6.13. The second-order valence-electron chi connectivity index (χ2n) is 14.8. The predicted molar refractivity (Wildman–Crippen MR) is 208 cm³/mol. The molecule has 10 nitrogen and oxygen atoms in total. The van der Waals surface area contributed by atoms with Gasteiger partial charge in [0.2, 0.25) is 0 Å². The van der Waals surface area contributed by atoms with E-state index < -0.39 is 6.10 Å². The number of likely N-dealkylation sites (N-methyl/N-ethyl adjacent to an activating group) is 1. The van der Waals surface area contributed by atoms with Gasteiger partial charge in [-0.2, -0.15) is 0 Å². The first-order valence-corrected chi connectivity index (χ1v) is 21.1. The molecule has 0 amide bonds. The lowest BCUT2D eigenvalue weighted by atomic mass is 10.1. The van der Waals surface area contributed by atoms with Crippen molar-refractivity contribution in [2.75, 3.05) is 33.4 Å². The first kappa shape index (κ1) is 49.8. The van der Waals surface area contributed by atoms with Crippen LogP contribution in [0.1, 0.15) is 195 Å². The third-order valence-corrected chi connectivity index (χ3v) is 9.34. The normalized spacial score (nSPS) is 13.1. The van der Waals surface area contributed by atoms with Gasteiger partial charge in [-0.1, -0.05) is 104 Å². The second kappa shape index (κ2) is 35.8. The summed E-state index contributed by atoms with van der Waals surface area (Å²) in [5.74, 6) is -0.991. The van der Waals surface area contributed by atoms with E-state index in [-0.39, 0.29) is 62.1 Å². The molecule has 0 saturated heterocycles. The summed E-state index contributed by atoms with van der Waals surface area (Å²) in [6.45, 7) is 9.04. The molecule has 0 aliphatic heterocycles. The van der Waals surface area contributed by atoms with Crippen LogP contribution in [0.25, 0.3) is 0 Å². The van der Waals surface area contributed by atoms with E-state index in [0.717, 1.165) is 64.2 Å². The monoisotopic (exact) mass is 742 g/mol. The number of hydrogen-bond acceptors (Lipinski definition) is 10. The molecular weight excluding hydrogens is 662 g/mol. The third kappa shape index (κ3) is 33.6. The summed E-state index contributed by atoms with van der Waals surface area (Å²) in [5.41, 5.74) is 0. The lowest BCUT2D eigenvalue weighted by molar-refractivity contribution is -0.160. The molecule has 0 aliphatic rings. The molecular formula is C42H79NO9. The number of aliphatic hydroxyl groups is 1. The smallest absolute Gasteiger partial charge is 0.306 e. The number of nitrogens with zero attached hydrogens (tertiary/aromatic N) is 1. The molecule has 0 heterocycles. The van der Waals surface area contributed by atoms with Crippen LogP contribution in [0.3, 0.4) is 0 Å². The zero-order chi connectivity index (χ0) is 38.7. The van der Waals surface area contributed by atoms with Gasteiger partial charge in [-0.25, -0.2) is 0 Å². The quantitative estimate of drug-likeness (QED) is 0.0374. The summed E-state index contributed by atoms with van der Waals surface area (Å²) < 4.78 is 22.2. The largest absolute Gasteiger partial charge is 0.463 e. The molecule has 10 heteroatoms. The van der Waals surface area contributed by atoms with Crippen LogP contribution < -0.4 is 0 Å². The number of ether oxygens (including phenoxy) is 4. The van der Waals surface area contributed by atoms with Crippen molar-refractivity contribution in [3.8, 4) is 0 Å². The number of aliphatic hydroxyl groups excluding tert-OH is 1. The zero-order valence-electron chi connectivity index (χ0n) is 34.1. The van der Waals surface area contributed by atoms with E-state index in [0.29, 0.717) is 38.8 Å². The van der Waals surface area contributed by atoms with Gasteiger partial charge in [0.15, 0.2) is 0 Å². The van der Waals surface area contributed by atoms with Gasteiger partial charge in [-0.3, -0.25) is 19.2 Å². The number of hydrogen-bond donors (Lipinski definition) is 1. The Morgan fingerprint density at radius 2 is 0.885 bits per heavy atom. The van der Waals surface area contributed by atoms with Crippen molar-refractivity contribution in [2.24, 2.45) is 0 Å². The summed E-state index contributed by atoms with van der Waals surface area (Å²) in [5, 5.41) is 9.28. The molecule has 306 valence electrons. The Morgan fingerprint density at radius 3 is 1.31 bits per heavy atom. The average molecular weight is 742 g/mol. The number of rotatable bonds is 37. The van der Waals surface area contributed by atoms with Crippen molar-refractivity contribution >= 4 is 23.9 Å². The molecule has 0 aromatic carbocycles. The Kier molecular flexibility index (Phi) is 34.3. The molecule has 0 spiro atoms. The van der Waals surface area contributed by atoms with E-state index in [9.17, 15) is 24.3 Å². The van der Waals surface area contributed by atoms with E-state index in [1.807, 2.05) is 25.8 Å². The molecule has 0 radical (unpaired) electrons. The molecule has 0 bridgehead atoms. The summed E-state index contributed by atoms with van der Waals surface area (Å²) >= 11 is 0. The molecule has 0 fully saturated rings. The van der Waals surface area contributed by atoms with E-state index in [1.54, 1.807) is 0 Å². The maximum Gasteiger partial charge on any atom is 0.306 e. The number of unbranched alkanes of at least 4 members (excludes halogenated alkanes) is 16. The van der Waals surface area contributed by atoms with Gasteiger partial charge < -0.3 is 29.0 Å². The lowest BCUT2D eigenvalue weighted by Gasteiger charge is -2.23. The number of esters is 4. The van der Waals surface area contributed by atoms with E-state index in [1.165, 1.54) is 64.2 Å². The first-order chi connectivity index (χ1) is 25.1. The molecule has 0 saturated carbocycles. The van der Waals surface area contributed by atoms with Crippen molar-refractivity contribution in [3.05, 3.63) is 0 Å². The Balaban J connectivity index is 4.15. The number of carbonyl (C=O) groups excluding carboxylic acids is 4. The maximum absolute atomic E-state index is 12.6. The second-order valence-corrected chi connectivity index (χ2v) is 14.8. The predicted octanol–water partition coefficient (Wildman–Crippen LogP) is 9.41. The van der Waals surface area contributed by atoms with Crippen LogP contribution >= 0.6 is 0 Å². The fourth-order valence-electron chi connectivity index (χ4n) is 6.13. The Bertz CT molecular complexity index is 884. The van der Waals surface area contributed by atoms with Crippen molar-refractivity contribution in [3.63, 3.8) is 0 Å². The van der Waals surface area contributed by atoms with Gasteiger partial charge in [0, 0.05) is 38.8 Å². The lowest BCUT2D eigenvalue weighted by Crippen LogP contribution is -2.37. The highest BCUT2D eigenvalue weighted by Crippen LogP contribution is 2.15. The topological polar surface area (TPSA) is 129 Å². The minimum absolute atomic E-state index is 0.0293. The van der Waals surface area contributed by atoms with Gasteiger partial charge in [-0.15, -0.1) is 0 Å². The highest BCUT2D eigenvalue weighted by molar-refractivity contribution is 5.71. The molecule has 0 aromatic heterocycles. The molecule has 0 aromatic rings. The first-order valence-electron chi connectivity index (χ1n) is 21.1. The molecule has 52 heavy (non-hydrogen) atoms. The zero-order valence-corrected chi connectivity index (χ0v) is 34.1. The van der Waals surface area contributed by atoms with Gasteiger partial charge in [0.1, 0.15) is 12.7 Å². The Morgan fingerprint density at radius 1 is 0.519 bits per heavy atom. The molecule has 3 unspecified atom stereocenters. The highest BCUT2D eigenvalue weighted by Gasteiger charge is 2.19. The van der Waals surface area contributed by atoms with Gasteiger partial charge in [-0.05, 0) is 72.3 Å². The van der Waals surface area contributed by atoms with Crippen molar-refractivity contribution in [1.82, 2.24) is 4.90 Å². The van der Waals surface area contributed by atoms with E-state index in [4.69, 9.17) is 18.9 Å². The van der Waals surface area contributed by atoms with Crippen LogP contribution in [0.4, 0.5) is 0 Å². The van der Waals surface area contributed by atoms with Gasteiger partial charge in [0.05, 0.1) is 18.8 Å². The molecule has 3 atom stereocenters. The van der Waals surface area contributed by atoms with Crippen molar-refractivity contribution < 1.29 is 43.2 Å². The summed E-state index contributed by atoms with van der Waals surface area (Å²) in [4.78, 5) is 51.2. The molecule has 0 rings (SSSR count). The Hall–Kier alpha value is -2.20. The van der Waals surface area contributed by atoms with Crippen LogP contribution in [-0.2, 0) is 38.1 Å². The van der Waals surface area contributed by atoms with Crippen LogP contribution in [0.15, 0.2) is 0 Å². The summed E-state index contributed by atoms with van der Waals surface area (Å²) in [6.07, 6.45) is 23.2.